The van der Waals surface area contributed by atoms with Gasteiger partial charge in [-0.15, -0.1) is 0 Å². The number of esters is 1. The molecule has 188 valence electrons. The summed E-state index contributed by atoms with van der Waals surface area (Å²) in [6.45, 7) is 7.97. The number of rotatable bonds is 8. The fraction of sp³-hybridized carbons (Fsp3) is 0.667. The van der Waals surface area contributed by atoms with Crippen molar-refractivity contribution in [3.05, 3.63) is 35.9 Å². The van der Waals surface area contributed by atoms with Crippen LogP contribution < -0.4 is 5.32 Å². The van der Waals surface area contributed by atoms with E-state index in [2.05, 4.69) is 5.32 Å². The molecule has 10 nitrogen and oxygen atoms in total. The molecule has 3 fully saturated rings. The number of hydrogen-bond donors (Lipinski definition) is 1. The van der Waals surface area contributed by atoms with Crippen LogP contribution in [0.3, 0.4) is 0 Å². The number of alkyl carbamates (subject to hydrolysis) is 1. The van der Waals surface area contributed by atoms with Crippen LogP contribution in [0.5, 0.6) is 0 Å². The number of carbonyl (C=O) groups excluding carboxylic acids is 2. The zero-order chi connectivity index (χ0) is 24.3. The molecule has 0 aliphatic carbocycles. The summed E-state index contributed by atoms with van der Waals surface area (Å²) in [5, 5.41) is 2.64. The van der Waals surface area contributed by atoms with Gasteiger partial charge >= 0.3 is 12.1 Å². The highest BCUT2D eigenvalue weighted by molar-refractivity contribution is 5.70. The molecule has 0 saturated carbocycles. The van der Waals surface area contributed by atoms with Gasteiger partial charge in [-0.3, -0.25) is 4.79 Å². The van der Waals surface area contributed by atoms with Crippen LogP contribution in [0.2, 0.25) is 0 Å². The molecule has 10 heteroatoms. The maximum Gasteiger partial charge on any atom is 0.407 e. The zero-order valence-corrected chi connectivity index (χ0v) is 20.0. The van der Waals surface area contributed by atoms with E-state index in [9.17, 15) is 9.59 Å². The number of hydrogen-bond acceptors (Lipinski definition) is 9. The van der Waals surface area contributed by atoms with E-state index in [0.717, 1.165) is 5.56 Å². The van der Waals surface area contributed by atoms with Gasteiger partial charge in [0.25, 0.3) is 0 Å². The molecule has 5 atom stereocenters. The number of carbonyl (C=O) groups is 2. The third-order valence-corrected chi connectivity index (χ3v) is 5.73. The molecular formula is C24H33NO9. The largest absolute Gasteiger partial charge is 0.456 e. The summed E-state index contributed by atoms with van der Waals surface area (Å²) in [7, 11) is 0. The van der Waals surface area contributed by atoms with Crippen LogP contribution in [0.15, 0.2) is 30.3 Å². The first-order valence-corrected chi connectivity index (χ1v) is 11.6. The van der Waals surface area contributed by atoms with Crippen LogP contribution in [-0.2, 0) is 44.6 Å². The molecule has 3 heterocycles. The lowest BCUT2D eigenvalue weighted by atomic mass is 10.1. The van der Waals surface area contributed by atoms with Gasteiger partial charge in [0, 0.05) is 13.0 Å². The lowest BCUT2D eigenvalue weighted by molar-refractivity contribution is -0.235. The van der Waals surface area contributed by atoms with Crippen LogP contribution in [0.1, 0.15) is 46.1 Å². The van der Waals surface area contributed by atoms with E-state index < -0.39 is 54.3 Å². The average Bonchev–Trinajstić information content (AvgIpc) is 3.40. The van der Waals surface area contributed by atoms with Gasteiger partial charge in [0.1, 0.15) is 18.8 Å². The smallest absolute Gasteiger partial charge is 0.407 e. The maximum atomic E-state index is 12.6. The van der Waals surface area contributed by atoms with Crippen molar-refractivity contribution in [3.63, 3.8) is 0 Å². The minimum atomic E-state index is -0.846. The summed E-state index contributed by atoms with van der Waals surface area (Å²) in [5.74, 6) is -2.02. The summed E-state index contributed by atoms with van der Waals surface area (Å²) in [4.78, 5) is 24.4. The van der Waals surface area contributed by atoms with Gasteiger partial charge in [-0.2, -0.15) is 0 Å². The van der Waals surface area contributed by atoms with E-state index >= 15 is 0 Å². The van der Waals surface area contributed by atoms with Crippen molar-refractivity contribution in [2.45, 2.75) is 89.4 Å². The third kappa shape index (κ3) is 6.25. The monoisotopic (exact) mass is 479 g/mol. The predicted octanol–water partition coefficient (Wildman–Crippen LogP) is 2.63. The van der Waals surface area contributed by atoms with E-state index in [1.807, 2.05) is 44.2 Å². The standard InChI is InChI=1S/C24H33NO9/c1-23(2)29-14-16(32-23)18-19(20-21(31-18)34-24(3,4)33-20)30-17(26)11-8-12-25-22(27)28-13-15-9-6-5-7-10-15/h5-7,9-10,16,18-21H,8,11-14H2,1-4H3,(H,25,27)/t16-,18+,19+,20+,21-/m0/s1. The molecule has 1 amide bonds. The number of amides is 1. The van der Waals surface area contributed by atoms with Crippen LogP contribution in [0.4, 0.5) is 4.79 Å². The van der Waals surface area contributed by atoms with Crippen molar-refractivity contribution in [3.8, 4) is 0 Å². The number of benzene rings is 1. The molecule has 1 aromatic carbocycles. The molecule has 3 aliphatic rings. The zero-order valence-electron chi connectivity index (χ0n) is 20.0. The van der Waals surface area contributed by atoms with Crippen molar-refractivity contribution < 1.29 is 42.7 Å². The Hall–Kier alpha value is -2.24. The molecule has 3 saturated heterocycles. The Kier molecular flexibility index (Phi) is 7.44. The summed E-state index contributed by atoms with van der Waals surface area (Å²) in [6, 6.07) is 9.39. The van der Waals surface area contributed by atoms with E-state index in [0.29, 0.717) is 13.0 Å². The highest BCUT2D eigenvalue weighted by atomic mass is 16.8. The fourth-order valence-electron chi connectivity index (χ4n) is 4.22. The quantitative estimate of drug-likeness (QED) is 0.444. The highest BCUT2D eigenvalue weighted by Crippen LogP contribution is 2.42. The summed E-state index contributed by atoms with van der Waals surface area (Å²) >= 11 is 0. The number of ether oxygens (including phenoxy) is 7. The molecule has 1 aromatic rings. The Labute approximate surface area is 199 Å². The molecule has 34 heavy (non-hydrogen) atoms. The van der Waals surface area contributed by atoms with Gasteiger partial charge in [0.05, 0.1) is 6.61 Å². The Morgan fingerprint density at radius 3 is 2.50 bits per heavy atom. The van der Waals surface area contributed by atoms with E-state index in [4.69, 9.17) is 33.2 Å². The molecule has 0 aromatic heterocycles. The first-order chi connectivity index (χ1) is 16.1. The maximum absolute atomic E-state index is 12.6. The fourth-order valence-corrected chi connectivity index (χ4v) is 4.22. The second-order valence-electron chi connectivity index (χ2n) is 9.48. The summed E-state index contributed by atoms with van der Waals surface area (Å²) in [6.07, 6.45) is -2.97. The summed E-state index contributed by atoms with van der Waals surface area (Å²) < 4.78 is 40.3. The third-order valence-electron chi connectivity index (χ3n) is 5.73. The van der Waals surface area contributed by atoms with Crippen LogP contribution in [0, 0.1) is 0 Å². The molecule has 1 N–H and O–H groups in total. The molecule has 0 unspecified atom stereocenters. The van der Waals surface area contributed by atoms with Gasteiger partial charge < -0.3 is 38.5 Å². The molecule has 0 radical (unpaired) electrons. The molecule has 0 bridgehead atoms. The van der Waals surface area contributed by atoms with E-state index in [-0.39, 0.29) is 19.6 Å². The summed E-state index contributed by atoms with van der Waals surface area (Å²) in [5.41, 5.74) is 0.897. The second kappa shape index (κ2) is 10.2. The van der Waals surface area contributed by atoms with Gasteiger partial charge in [0.15, 0.2) is 30.1 Å². The average molecular weight is 480 g/mol. The van der Waals surface area contributed by atoms with Gasteiger partial charge in [-0.1, -0.05) is 30.3 Å². The van der Waals surface area contributed by atoms with Gasteiger partial charge in [0.2, 0.25) is 0 Å². The second-order valence-corrected chi connectivity index (χ2v) is 9.48. The van der Waals surface area contributed by atoms with E-state index in [1.54, 1.807) is 13.8 Å². The van der Waals surface area contributed by atoms with Crippen molar-refractivity contribution >= 4 is 12.1 Å². The number of nitrogens with one attached hydrogen (secondary N) is 1. The Balaban J connectivity index is 1.23. The molecule has 0 spiro atoms. The van der Waals surface area contributed by atoms with Crippen molar-refractivity contribution in [2.75, 3.05) is 13.2 Å². The SMILES string of the molecule is CC1(C)O[C@@H]2O[C@H]([C@@H]3COC(C)(C)O3)[C@@H](OC(=O)CCCNC(=O)OCc3ccccc3)[C@H]2O1. The lowest BCUT2D eigenvalue weighted by Crippen LogP contribution is -2.45. The van der Waals surface area contributed by atoms with Crippen molar-refractivity contribution in [2.24, 2.45) is 0 Å². The first kappa shape index (κ1) is 24.9. The van der Waals surface area contributed by atoms with Crippen molar-refractivity contribution in [1.29, 1.82) is 0 Å². The Morgan fingerprint density at radius 2 is 1.79 bits per heavy atom. The molecule has 3 aliphatic heterocycles. The lowest BCUT2D eigenvalue weighted by Gasteiger charge is -2.28. The van der Waals surface area contributed by atoms with Crippen LogP contribution in [0.25, 0.3) is 0 Å². The topological polar surface area (TPSA) is 111 Å². The van der Waals surface area contributed by atoms with Crippen molar-refractivity contribution in [1.82, 2.24) is 5.32 Å². The first-order valence-electron chi connectivity index (χ1n) is 11.6. The van der Waals surface area contributed by atoms with Crippen LogP contribution in [-0.4, -0.2) is 67.5 Å². The predicted molar refractivity (Wildman–Crippen MR) is 117 cm³/mol. The minimum Gasteiger partial charge on any atom is -0.456 e. The molecule has 4 rings (SSSR count). The van der Waals surface area contributed by atoms with Gasteiger partial charge in [-0.05, 0) is 39.7 Å². The highest BCUT2D eigenvalue weighted by Gasteiger charge is 2.59. The van der Waals surface area contributed by atoms with Gasteiger partial charge in [-0.25, -0.2) is 4.79 Å². The minimum absolute atomic E-state index is 0.108. The van der Waals surface area contributed by atoms with Crippen LogP contribution >= 0.6 is 0 Å². The van der Waals surface area contributed by atoms with E-state index in [1.165, 1.54) is 0 Å². The molecular weight excluding hydrogens is 446 g/mol. The normalized spacial score (nSPS) is 31.1. The number of fused-ring (bicyclic) bond motifs is 1. The Bertz CT molecular complexity index is 859. The Morgan fingerprint density at radius 1 is 1.03 bits per heavy atom.